The van der Waals surface area contributed by atoms with Crippen molar-refractivity contribution < 1.29 is 4.79 Å². The summed E-state index contributed by atoms with van der Waals surface area (Å²) >= 11 is 5.00. The smallest absolute Gasteiger partial charge is 0.230 e. The van der Waals surface area contributed by atoms with Gasteiger partial charge in [-0.25, -0.2) is 4.98 Å². The maximum atomic E-state index is 11.9. The van der Waals surface area contributed by atoms with E-state index >= 15 is 0 Å². The van der Waals surface area contributed by atoms with Crippen LogP contribution in [0.5, 0.6) is 0 Å². The Morgan fingerprint density at radius 1 is 1.30 bits per heavy atom. The number of imidazole rings is 1. The van der Waals surface area contributed by atoms with Crippen LogP contribution in [0.3, 0.4) is 0 Å². The van der Waals surface area contributed by atoms with Crippen molar-refractivity contribution in [1.29, 1.82) is 0 Å². The van der Waals surface area contributed by atoms with E-state index in [1.54, 1.807) is 18.0 Å². The van der Waals surface area contributed by atoms with Crippen molar-refractivity contribution in [2.24, 2.45) is 0 Å². The Labute approximate surface area is 146 Å². The molecule has 0 atom stereocenters. The second-order valence-corrected chi connectivity index (χ2v) is 6.88. The monoisotopic (exact) mass is 390 g/mol. The topological polar surface area (TPSA) is 59.3 Å². The normalized spacial score (nSPS) is 10.8. The molecule has 3 aromatic rings. The quantitative estimate of drug-likeness (QED) is 0.702. The van der Waals surface area contributed by atoms with Gasteiger partial charge >= 0.3 is 0 Å². The van der Waals surface area contributed by atoms with E-state index in [1.165, 1.54) is 0 Å². The number of rotatable bonds is 6. The summed E-state index contributed by atoms with van der Waals surface area (Å²) in [4.78, 5) is 20.4. The molecule has 1 N–H and O–H groups in total. The maximum Gasteiger partial charge on any atom is 0.230 e. The lowest BCUT2D eigenvalue weighted by molar-refractivity contribution is -0.118. The van der Waals surface area contributed by atoms with Gasteiger partial charge in [0.05, 0.1) is 18.0 Å². The summed E-state index contributed by atoms with van der Waals surface area (Å²) in [5, 5.41) is 2.90. The van der Waals surface area contributed by atoms with E-state index in [2.05, 4.69) is 31.2 Å². The second kappa shape index (κ2) is 7.61. The third kappa shape index (κ3) is 4.56. The van der Waals surface area contributed by atoms with Crippen LogP contribution in [0.15, 0.2) is 53.5 Å². The molecule has 0 fully saturated rings. The van der Waals surface area contributed by atoms with Gasteiger partial charge in [0.2, 0.25) is 5.91 Å². The van der Waals surface area contributed by atoms with Crippen LogP contribution >= 0.6 is 27.7 Å². The number of hydrogen-bond acceptors (Lipinski definition) is 4. The van der Waals surface area contributed by atoms with Crippen LogP contribution in [0.1, 0.15) is 11.3 Å². The predicted molar refractivity (Wildman–Crippen MR) is 95.1 cm³/mol. The van der Waals surface area contributed by atoms with Gasteiger partial charge in [0.1, 0.15) is 5.65 Å². The van der Waals surface area contributed by atoms with Gasteiger partial charge in [-0.05, 0) is 39.7 Å². The van der Waals surface area contributed by atoms with Crippen molar-refractivity contribution in [1.82, 2.24) is 19.7 Å². The minimum atomic E-state index is 0.0112. The summed E-state index contributed by atoms with van der Waals surface area (Å²) in [5.74, 6) is 1.22. The Hall–Kier alpha value is -1.86. The molecule has 3 aromatic heterocycles. The molecule has 23 heavy (non-hydrogen) atoms. The fourth-order valence-electron chi connectivity index (χ4n) is 2.09. The number of fused-ring (bicyclic) bond motifs is 1. The third-order valence-electron chi connectivity index (χ3n) is 3.16. The lowest BCUT2D eigenvalue weighted by Gasteiger charge is -2.03. The largest absolute Gasteiger partial charge is 0.350 e. The first-order chi connectivity index (χ1) is 11.2. The van der Waals surface area contributed by atoms with Crippen molar-refractivity contribution in [2.45, 2.75) is 12.3 Å². The first-order valence-electron chi connectivity index (χ1n) is 7.07. The average Bonchev–Trinajstić information content (AvgIpc) is 2.96. The summed E-state index contributed by atoms with van der Waals surface area (Å²) in [6.07, 6.45) is 7.43. The summed E-state index contributed by atoms with van der Waals surface area (Å²) in [5.41, 5.74) is 2.83. The van der Waals surface area contributed by atoms with Gasteiger partial charge in [0, 0.05) is 35.0 Å². The molecule has 0 aliphatic rings. The maximum absolute atomic E-state index is 11.9. The SMILES string of the molecule is O=C(CSCc1cccnc1)NCc1cn2cc(Br)ccc2n1. The van der Waals surface area contributed by atoms with Crippen molar-refractivity contribution in [2.75, 3.05) is 5.75 Å². The Balaban J connectivity index is 1.46. The highest BCUT2D eigenvalue weighted by Gasteiger charge is 2.05. The first kappa shape index (κ1) is 16.0. The van der Waals surface area contributed by atoms with Crippen LogP contribution in [-0.2, 0) is 17.1 Å². The van der Waals surface area contributed by atoms with Gasteiger partial charge in [0.25, 0.3) is 0 Å². The molecule has 0 unspecified atom stereocenters. The van der Waals surface area contributed by atoms with Gasteiger partial charge < -0.3 is 9.72 Å². The van der Waals surface area contributed by atoms with Crippen LogP contribution in [0.4, 0.5) is 0 Å². The van der Waals surface area contributed by atoms with E-state index < -0.39 is 0 Å². The van der Waals surface area contributed by atoms with Crippen molar-refractivity contribution in [3.8, 4) is 0 Å². The van der Waals surface area contributed by atoms with Crippen LogP contribution in [0.25, 0.3) is 5.65 Å². The standard InChI is InChI=1S/C16H15BrN4OS/c17-13-3-4-15-20-14(9-21(15)8-13)7-19-16(22)11-23-10-12-2-1-5-18-6-12/h1-6,8-9H,7,10-11H2,(H,19,22). The van der Waals surface area contributed by atoms with E-state index in [0.29, 0.717) is 12.3 Å². The number of carbonyl (C=O) groups excluding carboxylic acids is 1. The lowest BCUT2D eigenvalue weighted by atomic mass is 10.3. The molecule has 0 aliphatic heterocycles. The highest BCUT2D eigenvalue weighted by atomic mass is 79.9. The zero-order valence-electron chi connectivity index (χ0n) is 12.3. The number of halogens is 1. The number of nitrogens with one attached hydrogen (secondary N) is 1. The first-order valence-corrected chi connectivity index (χ1v) is 9.02. The minimum Gasteiger partial charge on any atom is -0.350 e. The summed E-state index contributed by atoms with van der Waals surface area (Å²) < 4.78 is 2.92. The number of thioether (sulfide) groups is 1. The fraction of sp³-hybridized carbons (Fsp3) is 0.188. The van der Waals surface area contributed by atoms with Crippen LogP contribution in [-0.4, -0.2) is 26.0 Å². The lowest BCUT2D eigenvalue weighted by Crippen LogP contribution is -2.24. The Morgan fingerprint density at radius 3 is 3.04 bits per heavy atom. The number of pyridine rings is 2. The van der Waals surface area contributed by atoms with Gasteiger partial charge in [-0.1, -0.05) is 6.07 Å². The predicted octanol–water partition coefficient (Wildman–Crippen LogP) is 3.04. The van der Waals surface area contributed by atoms with E-state index in [4.69, 9.17) is 0 Å². The zero-order chi connectivity index (χ0) is 16.1. The number of carbonyl (C=O) groups is 1. The van der Waals surface area contributed by atoms with Crippen molar-refractivity contribution in [3.63, 3.8) is 0 Å². The number of aromatic nitrogens is 3. The molecule has 3 rings (SSSR count). The molecule has 0 saturated carbocycles. The van der Waals surface area contributed by atoms with E-state index in [0.717, 1.165) is 27.1 Å². The molecule has 118 valence electrons. The Kier molecular flexibility index (Phi) is 5.30. The number of nitrogens with zero attached hydrogens (tertiary/aromatic N) is 3. The van der Waals surface area contributed by atoms with Crippen LogP contribution < -0.4 is 5.32 Å². The summed E-state index contributed by atoms with van der Waals surface area (Å²) in [6.45, 7) is 0.436. The number of hydrogen-bond donors (Lipinski definition) is 1. The molecule has 3 heterocycles. The second-order valence-electron chi connectivity index (χ2n) is 4.98. The van der Waals surface area contributed by atoms with Crippen LogP contribution in [0.2, 0.25) is 0 Å². The molecule has 5 nitrogen and oxygen atoms in total. The summed E-state index contributed by atoms with van der Waals surface area (Å²) in [6, 6.07) is 7.78. The molecular weight excluding hydrogens is 376 g/mol. The Morgan fingerprint density at radius 2 is 2.22 bits per heavy atom. The van der Waals surface area contributed by atoms with Gasteiger partial charge in [-0.2, -0.15) is 0 Å². The van der Waals surface area contributed by atoms with Crippen molar-refractivity contribution >= 4 is 39.2 Å². The molecule has 0 bridgehead atoms. The molecule has 1 amide bonds. The molecule has 0 aromatic carbocycles. The fourth-order valence-corrected chi connectivity index (χ4v) is 3.24. The minimum absolute atomic E-state index is 0.0112. The molecule has 0 radical (unpaired) electrons. The van der Waals surface area contributed by atoms with E-state index in [1.807, 2.05) is 47.3 Å². The van der Waals surface area contributed by atoms with Crippen molar-refractivity contribution in [3.05, 3.63) is 64.8 Å². The highest BCUT2D eigenvalue weighted by molar-refractivity contribution is 9.10. The molecule has 7 heteroatoms. The molecular formula is C16H15BrN4OS. The molecule has 0 saturated heterocycles. The average molecular weight is 391 g/mol. The highest BCUT2D eigenvalue weighted by Crippen LogP contribution is 2.13. The molecule has 0 spiro atoms. The molecule has 0 aliphatic carbocycles. The van der Waals surface area contributed by atoms with E-state index in [-0.39, 0.29) is 5.91 Å². The number of amides is 1. The van der Waals surface area contributed by atoms with Gasteiger partial charge in [-0.3, -0.25) is 9.78 Å². The van der Waals surface area contributed by atoms with Gasteiger partial charge in [0.15, 0.2) is 0 Å². The zero-order valence-corrected chi connectivity index (χ0v) is 14.7. The third-order valence-corrected chi connectivity index (χ3v) is 4.63. The summed E-state index contributed by atoms with van der Waals surface area (Å²) in [7, 11) is 0. The van der Waals surface area contributed by atoms with Gasteiger partial charge in [-0.15, -0.1) is 11.8 Å². The van der Waals surface area contributed by atoms with E-state index in [9.17, 15) is 4.79 Å². The van der Waals surface area contributed by atoms with Crippen LogP contribution in [0, 0.1) is 0 Å². The Bertz CT molecular complexity index is 806.